The molecule has 0 spiro atoms. The number of amides is 1. The Bertz CT molecular complexity index is 2050. The van der Waals surface area contributed by atoms with Crippen molar-refractivity contribution in [2.45, 2.75) is 22.9 Å². The predicted molar refractivity (Wildman–Crippen MR) is 159 cm³/mol. The first-order chi connectivity index (χ1) is 21.9. The fraction of sp³-hybridized carbons (Fsp3) is 0.161. The van der Waals surface area contributed by atoms with E-state index in [0.717, 1.165) is 36.3 Å². The maximum atomic E-state index is 15.3. The van der Waals surface area contributed by atoms with Gasteiger partial charge in [0.2, 0.25) is 5.88 Å². The molecule has 3 aromatic heterocycles. The summed E-state index contributed by atoms with van der Waals surface area (Å²) in [5.74, 6) is -1.87. The van der Waals surface area contributed by atoms with E-state index in [9.17, 15) is 27.2 Å². The van der Waals surface area contributed by atoms with Crippen LogP contribution >= 0.6 is 11.8 Å². The van der Waals surface area contributed by atoms with Crippen LogP contribution in [0.2, 0.25) is 0 Å². The van der Waals surface area contributed by atoms with Gasteiger partial charge < -0.3 is 19.5 Å². The van der Waals surface area contributed by atoms with Crippen LogP contribution < -0.4 is 25.1 Å². The second-order valence-electron chi connectivity index (χ2n) is 9.64. The lowest BCUT2D eigenvalue weighted by atomic mass is 10.1. The summed E-state index contributed by atoms with van der Waals surface area (Å²) in [6.45, 7) is 1.45. The Balaban J connectivity index is 1.47. The van der Waals surface area contributed by atoms with Gasteiger partial charge in [-0.2, -0.15) is 13.2 Å². The number of benzene rings is 2. The van der Waals surface area contributed by atoms with Crippen molar-refractivity contribution in [2.24, 2.45) is 0 Å². The molecular formula is C31H23F5N4O5S. The second-order valence-corrected chi connectivity index (χ2v) is 10.7. The molecule has 0 fully saturated rings. The summed E-state index contributed by atoms with van der Waals surface area (Å²) in [5.41, 5.74) is -2.97. The summed E-state index contributed by atoms with van der Waals surface area (Å²) in [5, 5.41) is 2.67. The van der Waals surface area contributed by atoms with Gasteiger partial charge in [-0.1, -0.05) is 11.8 Å². The number of hydrogen-bond donors (Lipinski definition) is 1. The Hall–Kier alpha value is -5.18. The van der Waals surface area contributed by atoms with E-state index in [-0.39, 0.29) is 32.6 Å². The van der Waals surface area contributed by atoms with E-state index in [1.54, 1.807) is 6.07 Å². The lowest BCUT2D eigenvalue weighted by Crippen LogP contribution is -2.33. The van der Waals surface area contributed by atoms with Crippen molar-refractivity contribution in [3.63, 3.8) is 0 Å². The van der Waals surface area contributed by atoms with Gasteiger partial charge in [0, 0.05) is 28.1 Å². The Kier molecular flexibility index (Phi) is 8.87. The molecule has 0 atom stereocenters. The van der Waals surface area contributed by atoms with E-state index in [0.29, 0.717) is 33.0 Å². The van der Waals surface area contributed by atoms with Crippen LogP contribution in [0.4, 0.5) is 27.6 Å². The number of fused-ring (bicyclic) bond motifs is 1. The van der Waals surface area contributed by atoms with Gasteiger partial charge in [0.1, 0.15) is 17.1 Å². The summed E-state index contributed by atoms with van der Waals surface area (Å²) in [4.78, 5) is 34.4. The van der Waals surface area contributed by atoms with Crippen molar-refractivity contribution in [3.05, 3.63) is 99.7 Å². The second kappa shape index (κ2) is 12.7. The maximum Gasteiger partial charge on any atom is 0.431 e. The standard InChI is InChI=1S/C31H23F5N4O5S/c1-15-9-27(45-4)38-14-22(15)40-26(31(34,35)36)8-6-17(30(40)42)29(41)39-16-5-7-25(19(32)10-16)46-28-18-11-23(43-2)24(44-3)12-21(18)37-13-20(28)33/h5-14H,1-4H3,(H,39,41). The molecule has 0 bridgehead atoms. The minimum absolute atomic E-state index is 0.0152. The molecule has 5 rings (SSSR count). The molecule has 0 aliphatic rings. The Morgan fingerprint density at radius 2 is 1.61 bits per heavy atom. The number of nitrogens with zero attached hydrogens (tertiary/aromatic N) is 3. The van der Waals surface area contributed by atoms with Gasteiger partial charge in [-0.25, -0.2) is 13.8 Å². The van der Waals surface area contributed by atoms with Gasteiger partial charge in [0.05, 0.1) is 49.8 Å². The Labute approximate surface area is 262 Å². The molecule has 0 aliphatic carbocycles. The zero-order chi connectivity index (χ0) is 33.3. The molecule has 0 saturated carbocycles. The quantitative estimate of drug-likeness (QED) is 0.181. The van der Waals surface area contributed by atoms with Gasteiger partial charge in [-0.3, -0.25) is 19.1 Å². The van der Waals surface area contributed by atoms with Crippen molar-refractivity contribution in [3.8, 4) is 23.1 Å². The summed E-state index contributed by atoms with van der Waals surface area (Å²) in [6, 6.07) is 9.25. The number of aromatic nitrogens is 3. The molecule has 0 aliphatic heterocycles. The summed E-state index contributed by atoms with van der Waals surface area (Å²) < 4.78 is 87.8. The third kappa shape index (κ3) is 6.18. The van der Waals surface area contributed by atoms with Crippen molar-refractivity contribution in [1.29, 1.82) is 0 Å². The monoisotopic (exact) mass is 658 g/mol. The van der Waals surface area contributed by atoms with E-state index < -0.39 is 40.5 Å². The van der Waals surface area contributed by atoms with Crippen molar-refractivity contribution >= 4 is 34.3 Å². The van der Waals surface area contributed by atoms with Crippen molar-refractivity contribution < 1.29 is 41.0 Å². The Morgan fingerprint density at radius 1 is 0.891 bits per heavy atom. The average Bonchev–Trinajstić information content (AvgIpc) is 3.02. The van der Waals surface area contributed by atoms with E-state index in [1.165, 1.54) is 52.5 Å². The first kappa shape index (κ1) is 32.2. The first-order valence-electron chi connectivity index (χ1n) is 13.2. The summed E-state index contributed by atoms with van der Waals surface area (Å²) in [6.07, 6.45) is -2.93. The van der Waals surface area contributed by atoms with Crippen molar-refractivity contribution in [1.82, 2.24) is 14.5 Å². The number of halogens is 5. The lowest BCUT2D eigenvalue weighted by molar-refractivity contribution is -0.142. The number of rotatable bonds is 8. The molecule has 15 heteroatoms. The van der Waals surface area contributed by atoms with Crippen LogP contribution in [0, 0.1) is 18.6 Å². The van der Waals surface area contributed by atoms with Crippen LogP contribution in [-0.2, 0) is 6.18 Å². The normalized spacial score (nSPS) is 11.4. The van der Waals surface area contributed by atoms with Crippen LogP contribution in [-0.4, -0.2) is 41.8 Å². The SMILES string of the molecule is COc1cc(C)c(-n2c(C(F)(F)F)ccc(C(=O)Nc3ccc(Sc4c(F)cnc5cc(OC)c(OC)cc45)c(F)c3)c2=O)cn1. The molecule has 238 valence electrons. The highest BCUT2D eigenvalue weighted by molar-refractivity contribution is 7.99. The third-order valence-electron chi connectivity index (χ3n) is 6.81. The zero-order valence-electron chi connectivity index (χ0n) is 24.5. The van der Waals surface area contributed by atoms with E-state index in [4.69, 9.17) is 14.2 Å². The van der Waals surface area contributed by atoms with Gasteiger partial charge >= 0.3 is 6.18 Å². The third-order valence-corrected chi connectivity index (χ3v) is 7.98. The molecule has 46 heavy (non-hydrogen) atoms. The largest absolute Gasteiger partial charge is 0.493 e. The fourth-order valence-electron chi connectivity index (χ4n) is 4.58. The number of pyridine rings is 3. The zero-order valence-corrected chi connectivity index (χ0v) is 25.3. The topological polar surface area (TPSA) is 105 Å². The smallest absolute Gasteiger partial charge is 0.431 e. The number of hydrogen-bond acceptors (Lipinski definition) is 8. The Morgan fingerprint density at radius 3 is 2.24 bits per heavy atom. The number of nitrogens with one attached hydrogen (secondary N) is 1. The molecular weight excluding hydrogens is 635 g/mol. The van der Waals surface area contributed by atoms with Gasteiger partial charge in [-0.15, -0.1) is 0 Å². The van der Waals surface area contributed by atoms with Gasteiger partial charge in [0.25, 0.3) is 11.5 Å². The molecule has 1 amide bonds. The van der Waals surface area contributed by atoms with Crippen molar-refractivity contribution in [2.75, 3.05) is 26.6 Å². The highest BCUT2D eigenvalue weighted by Gasteiger charge is 2.36. The number of methoxy groups -OCH3 is 3. The molecule has 9 nitrogen and oxygen atoms in total. The highest BCUT2D eigenvalue weighted by atomic mass is 32.2. The number of aryl methyl sites for hydroxylation is 1. The van der Waals surface area contributed by atoms with E-state index >= 15 is 4.39 Å². The predicted octanol–water partition coefficient (Wildman–Crippen LogP) is 6.82. The van der Waals surface area contributed by atoms with Crippen LogP contribution in [0.25, 0.3) is 16.6 Å². The number of anilines is 1. The number of ether oxygens (including phenoxy) is 3. The first-order valence-corrected chi connectivity index (χ1v) is 14.0. The fourth-order valence-corrected chi connectivity index (χ4v) is 5.52. The number of alkyl halides is 3. The summed E-state index contributed by atoms with van der Waals surface area (Å²) in [7, 11) is 4.17. The minimum atomic E-state index is -4.95. The van der Waals surface area contributed by atoms with Gasteiger partial charge in [-0.05, 0) is 48.9 Å². The minimum Gasteiger partial charge on any atom is -0.493 e. The summed E-state index contributed by atoms with van der Waals surface area (Å²) >= 11 is 0.763. The molecule has 0 unspecified atom stereocenters. The van der Waals surface area contributed by atoms with Gasteiger partial charge in [0.15, 0.2) is 17.3 Å². The van der Waals surface area contributed by atoms with Crippen LogP contribution in [0.3, 0.4) is 0 Å². The van der Waals surface area contributed by atoms with Crippen LogP contribution in [0.15, 0.2) is 75.5 Å². The number of carbonyl (C=O) groups is 1. The maximum absolute atomic E-state index is 15.3. The molecule has 2 aromatic carbocycles. The van der Waals surface area contributed by atoms with Crippen LogP contribution in [0.1, 0.15) is 21.6 Å². The van der Waals surface area contributed by atoms with E-state index in [1.807, 2.05) is 0 Å². The van der Waals surface area contributed by atoms with E-state index in [2.05, 4.69) is 15.3 Å². The molecule has 5 aromatic rings. The molecule has 0 saturated heterocycles. The molecule has 0 radical (unpaired) electrons. The average molecular weight is 659 g/mol. The van der Waals surface area contributed by atoms with Crippen LogP contribution in [0.5, 0.6) is 17.4 Å². The molecule has 1 N–H and O–H groups in total. The highest BCUT2D eigenvalue weighted by Crippen LogP contribution is 2.41. The molecule has 3 heterocycles. The lowest BCUT2D eigenvalue weighted by Gasteiger charge is -2.18. The number of carbonyl (C=O) groups excluding carboxylic acids is 1.